The van der Waals surface area contributed by atoms with E-state index in [2.05, 4.69) is 0 Å². The molecule has 0 radical (unpaired) electrons. The van der Waals surface area contributed by atoms with E-state index in [0.717, 1.165) is 30.8 Å². The average molecular weight is 291 g/mol. The van der Waals surface area contributed by atoms with E-state index < -0.39 is 0 Å². The second kappa shape index (κ2) is 5.93. The molecule has 2 aliphatic heterocycles. The predicted molar refractivity (Wildman–Crippen MR) is 78.1 cm³/mol. The van der Waals surface area contributed by atoms with Crippen molar-refractivity contribution in [3.8, 4) is 11.5 Å². The van der Waals surface area contributed by atoms with Crippen LogP contribution in [0, 0.1) is 12.8 Å². The van der Waals surface area contributed by atoms with Crippen LogP contribution in [-0.4, -0.2) is 50.8 Å². The van der Waals surface area contributed by atoms with Crippen molar-refractivity contribution in [1.29, 1.82) is 0 Å². The van der Waals surface area contributed by atoms with Crippen LogP contribution in [0.2, 0.25) is 0 Å². The lowest BCUT2D eigenvalue weighted by Gasteiger charge is -2.22. The van der Waals surface area contributed by atoms with Gasteiger partial charge in [0.15, 0.2) is 11.5 Å². The summed E-state index contributed by atoms with van der Waals surface area (Å²) < 4.78 is 16.3. The first kappa shape index (κ1) is 14.2. The number of rotatable bonds is 3. The Hall–Kier alpha value is -1.75. The van der Waals surface area contributed by atoms with Gasteiger partial charge in [0, 0.05) is 31.7 Å². The number of carbonyl (C=O) groups excluding carboxylic acids is 1. The molecule has 5 heteroatoms. The first-order valence-electron chi connectivity index (χ1n) is 7.37. The molecule has 1 saturated heterocycles. The minimum absolute atomic E-state index is 0.0723. The molecule has 21 heavy (non-hydrogen) atoms. The molecule has 0 spiro atoms. The van der Waals surface area contributed by atoms with Crippen molar-refractivity contribution >= 4 is 5.91 Å². The van der Waals surface area contributed by atoms with Gasteiger partial charge in [0.2, 0.25) is 0 Å². The van der Waals surface area contributed by atoms with Crippen LogP contribution in [0.15, 0.2) is 12.1 Å². The molecule has 0 unspecified atom stereocenters. The van der Waals surface area contributed by atoms with Crippen molar-refractivity contribution < 1.29 is 19.0 Å². The zero-order valence-electron chi connectivity index (χ0n) is 12.6. The number of benzene rings is 1. The highest BCUT2D eigenvalue weighted by atomic mass is 16.6. The molecule has 0 saturated carbocycles. The first-order valence-corrected chi connectivity index (χ1v) is 7.37. The molecular formula is C16H21NO4. The van der Waals surface area contributed by atoms with Gasteiger partial charge < -0.3 is 19.1 Å². The van der Waals surface area contributed by atoms with Crippen LogP contribution in [0.5, 0.6) is 11.5 Å². The van der Waals surface area contributed by atoms with Crippen LogP contribution in [0.25, 0.3) is 0 Å². The number of carbonyl (C=O) groups is 1. The third kappa shape index (κ3) is 2.83. The fraction of sp³-hybridized carbons (Fsp3) is 0.562. The van der Waals surface area contributed by atoms with Crippen LogP contribution in [0.3, 0.4) is 0 Å². The van der Waals surface area contributed by atoms with Gasteiger partial charge >= 0.3 is 0 Å². The highest BCUT2D eigenvalue weighted by molar-refractivity contribution is 5.96. The number of fused-ring (bicyclic) bond motifs is 1. The number of aryl methyl sites for hydroxylation is 1. The Bertz CT molecular complexity index is 543. The van der Waals surface area contributed by atoms with Gasteiger partial charge in [0.1, 0.15) is 13.2 Å². The highest BCUT2D eigenvalue weighted by Crippen LogP contribution is 2.34. The number of nitrogens with zero attached hydrogens (tertiary/aromatic N) is 1. The quantitative estimate of drug-likeness (QED) is 0.853. The summed E-state index contributed by atoms with van der Waals surface area (Å²) in [5.74, 6) is 1.91. The Kier molecular flexibility index (Phi) is 4.01. The van der Waals surface area contributed by atoms with Crippen molar-refractivity contribution in [2.24, 2.45) is 5.92 Å². The average Bonchev–Trinajstić information content (AvgIpc) is 2.95. The summed E-state index contributed by atoms with van der Waals surface area (Å²) in [6, 6.07) is 3.71. The molecule has 1 atom stereocenters. The van der Waals surface area contributed by atoms with E-state index in [1.807, 2.05) is 24.0 Å². The number of methoxy groups -OCH3 is 1. The Morgan fingerprint density at radius 1 is 1.33 bits per heavy atom. The maximum atomic E-state index is 12.7. The fourth-order valence-corrected chi connectivity index (χ4v) is 2.98. The molecular weight excluding hydrogens is 270 g/mol. The van der Waals surface area contributed by atoms with Crippen molar-refractivity contribution in [1.82, 2.24) is 4.90 Å². The van der Waals surface area contributed by atoms with Crippen LogP contribution < -0.4 is 9.47 Å². The van der Waals surface area contributed by atoms with E-state index >= 15 is 0 Å². The largest absolute Gasteiger partial charge is 0.486 e. The predicted octanol–water partition coefficient (Wildman–Crippen LogP) is 1.87. The summed E-state index contributed by atoms with van der Waals surface area (Å²) in [6.45, 7) is 5.30. The van der Waals surface area contributed by atoms with E-state index in [4.69, 9.17) is 14.2 Å². The number of likely N-dealkylation sites (tertiary alicyclic amines) is 1. The molecule has 0 N–H and O–H groups in total. The topological polar surface area (TPSA) is 48.0 Å². The lowest BCUT2D eigenvalue weighted by atomic mass is 10.1. The van der Waals surface area contributed by atoms with Crippen LogP contribution >= 0.6 is 0 Å². The van der Waals surface area contributed by atoms with E-state index in [1.54, 1.807) is 7.11 Å². The second-order valence-corrected chi connectivity index (χ2v) is 5.67. The normalized spacial score (nSPS) is 20.7. The van der Waals surface area contributed by atoms with Gasteiger partial charge in [-0.25, -0.2) is 0 Å². The number of hydrogen-bond acceptors (Lipinski definition) is 4. The molecule has 2 aliphatic rings. The van der Waals surface area contributed by atoms with Gasteiger partial charge in [0.25, 0.3) is 5.91 Å². The van der Waals surface area contributed by atoms with Gasteiger partial charge in [-0.05, 0) is 31.0 Å². The molecule has 1 amide bonds. The Morgan fingerprint density at radius 3 is 2.76 bits per heavy atom. The molecule has 1 aromatic carbocycles. The third-order valence-corrected chi connectivity index (χ3v) is 4.10. The summed E-state index contributed by atoms with van der Waals surface area (Å²) in [6.07, 6.45) is 1.00. The standard InChI is InChI=1S/C16H21NO4/c1-11-7-14-15(21-6-5-20-14)8-13(11)16(18)17-4-3-12(9-17)10-19-2/h7-8,12H,3-6,9-10H2,1-2H3/t12-/m1/s1. The van der Waals surface area contributed by atoms with Crippen LogP contribution in [0.4, 0.5) is 0 Å². The summed E-state index contributed by atoms with van der Waals surface area (Å²) >= 11 is 0. The summed E-state index contributed by atoms with van der Waals surface area (Å²) in [7, 11) is 1.70. The molecule has 0 aliphatic carbocycles. The SMILES string of the molecule is COC[C@@H]1CCN(C(=O)c2cc3c(cc2C)OCCO3)C1. The van der Waals surface area contributed by atoms with Gasteiger partial charge in [0.05, 0.1) is 6.61 Å². The Labute approximate surface area is 124 Å². The molecule has 1 fully saturated rings. The molecule has 1 aromatic rings. The van der Waals surface area contributed by atoms with Crippen molar-refractivity contribution in [3.05, 3.63) is 23.3 Å². The fourth-order valence-electron chi connectivity index (χ4n) is 2.98. The molecule has 3 rings (SSSR count). The number of ether oxygens (including phenoxy) is 3. The smallest absolute Gasteiger partial charge is 0.254 e. The van der Waals surface area contributed by atoms with Gasteiger partial charge in [-0.1, -0.05) is 0 Å². The van der Waals surface area contributed by atoms with Crippen LogP contribution in [0.1, 0.15) is 22.3 Å². The lowest BCUT2D eigenvalue weighted by molar-refractivity contribution is 0.0773. The zero-order chi connectivity index (χ0) is 14.8. The van der Waals surface area contributed by atoms with E-state index in [9.17, 15) is 4.79 Å². The first-order chi connectivity index (χ1) is 10.2. The summed E-state index contributed by atoms with van der Waals surface area (Å²) in [5.41, 5.74) is 1.64. The molecule has 0 bridgehead atoms. The number of hydrogen-bond donors (Lipinski definition) is 0. The number of amides is 1. The minimum atomic E-state index is 0.0723. The molecule has 0 aromatic heterocycles. The summed E-state index contributed by atoms with van der Waals surface area (Å²) in [4.78, 5) is 14.6. The lowest BCUT2D eigenvalue weighted by Crippen LogP contribution is -2.30. The molecule has 5 nitrogen and oxygen atoms in total. The maximum absolute atomic E-state index is 12.7. The van der Waals surface area contributed by atoms with E-state index in [-0.39, 0.29) is 5.91 Å². The maximum Gasteiger partial charge on any atom is 0.254 e. The monoisotopic (exact) mass is 291 g/mol. The Morgan fingerprint density at radius 2 is 2.05 bits per heavy atom. The second-order valence-electron chi connectivity index (χ2n) is 5.67. The molecule has 2 heterocycles. The highest BCUT2D eigenvalue weighted by Gasteiger charge is 2.28. The third-order valence-electron chi connectivity index (χ3n) is 4.10. The van der Waals surface area contributed by atoms with E-state index in [0.29, 0.717) is 37.1 Å². The van der Waals surface area contributed by atoms with Crippen molar-refractivity contribution in [2.75, 3.05) is 40.0 Å². The van der Waals surface area contributed by atoms with Crippen molar-refractivity contribution in [3.63, 3.8) is 0 Å². The van der Waals surface area contributed by atoms with Crippen LogP contribution in [-0.2, 0) is 4.74 Å². The van der Waals surface area contributed by atoms with Gasteiger partial charge in [-0.15, -0.1) is 0 Å². The van der Waals surface area contributed by atoms with Gasteiger partial charge in [-0.3, -0.25) is 4.79 Å². The van der Waals surface area contributed by atoms with Gasteiger partial charge in [-0.2, -0.15) is 0 Å². The Balaban J connectivity index is 1.79. The zero-order valence-corrected chi connectivity index (χ0v) is 12.6. The molecule has 114 valence electrons. The minimum Gasteiger partial charge on any atom is -0.486 e. The van der Waals surface area contributed by atoms with E-state index in [1.165, 1.54) is 0 Å². The summed E-state index contributed by atoms with van der Waals surface area (Å²) in [5, 5.41) is 0. The van der Waals surface area contributed by atoms with Crippen molar-refractivity contribution in [2.45, 2.75) is 13.3 Å².